The lowest BCUT2D eigenvalue weighted by atomic mass is 10.1. The molecule has 2 atom stereocenters. The zero-order valence-electron chi connectivity index (χ0n) is 10.5. The highest BCUT2D eigenvalue weighted by atomic mass is 16.6. The maximum atomic E-state index is 9.54. The fourth-order valence-electron chi connectivity index (χ4n) is 1.61. The molecule has 96 valence electrons. The van der Waals surface area contributed by atoms with Crippen LogP contribution < -0.4 is 0 Å². The van der Waals surface area contributed by atoms with Gasteiger partial charge in [0.2, 0.25) is 0 Å². The van der Waals surface area contributed by atoms with Crippen molar-refractivity contribution in [2.75, 3.05) is 19.8 Å². The number of epoxide rings is 2. The Hall–Kier alpha value is -0.120. The van der Waals surface area contributed by atoms with E-state index in [9.17, 15) is 5.11 Å². The van der Waals surface area contributed by atoms with Crippen LogP contribution in [-0.2, 0) is 9.47 Å². The molecule has 0 radical (unpaired) electrons. The van der Waals surface area contributed by atoms with E-state index in [1.165, 1.54) is 32.1 Å². The molecule has 2 unspecified atom stereocenters. The van der Waals surface area contributed by atoms with Crippen LogP contribution in [-0.4, -0.2) is 37.1 Å². The summed E-state index contributed by atoms with van der Waals surface area (Å²) >= 11 is 0. The minimum Gasteiger partial charge on any atom is -0.393 e. The molecule has 0 aliphatic carbocycles. The number of hydrogen-bond donors (Lipinski definition) is 1. The summed E-state index contributed by atoms with van der Waals surface area (Å²) in [7, 11) is 0. The van der Waals surface area contributed by atoms with Crippen molar-refractivity contribution < 1.29 is 14.6 Å². The Balaban J connectivity index is 0.000000365. The average Bonchev–Trinajstić information content (AvgIpc) is 3.10. The molecule has 0 aromatic rings. The number of hydrogen-bond acceptors (Lipinski definition) is 3. The van der Waals surface area contributed by atoms with Crippen LogP contribution in [0.5, 0.6) is 0 Å². The molecule has 2 fully saturated rings. The van der Waals surface area contributed by atoms with Crippen LogP contribution in [0.15, 0.2) is 0 Å². The number of unbranched alkanes of at least 4 members (excludes halogenated alkanes) is 4. The van der Waals surface area contributed by atoms with E-state index in [0.29, 0.717) is 6.10 Å². The third-order valence-electron chi connectivity index (χ3n) is 2.78. The number of rotatable bonds is 8. The van der Waals surface area contributed by atoms with Crippen LogP contribution in [0.2, 0.25) is 0 Å². The third-order valence-corrected chi connectivity index (χ3v) is 2.78. The van der Waals surface area contributed by atoms with Crippen molar-refractivity contribution in [2.45, 2.75) is 64.1 Å². The van der Waals surface area contributed by atoms with Crippen molar-refractivity contribution in [3.63, 3.8) is 0 Å². The normalized spacial score (nSPS) is 23.2. The summed E-state index contributed by atoms with van der Waals surface area (Å²) in [5.74, 6) is 0. The molecule has 0 aromatic carbocycles. The van der Waals surface area contributed by atoms with Gasteiger partial charge in [0.05, 0.1) is 32.0 Å². The van der Waals surface area contributed by atoms with Crippen LogP contribution in [0.3, 0.4) is 0 Å². The van der Waals surface area contributed by atoms with Gasteiger partial charge in [-0.1, -0.05) is 39.0 Å². The maximum Gasteiger partial charge on any atom is 0.0834 e. The average molecular weight is 230 g/mol. The largest absolute Gasteiger partial charge is 0.393 e. The van der Waals surface area contributed by atoms with Crippen molar-refractivity contribution in [1.82, 2.24) is 0 Å². The van der Waals surface area contributed by atoms with Crippen molar-refractivity contribution in [3.8, 4) is 0 Å². The lowest BCUT2D eigenvalue weighted by Gasteiger charge is -2.07. The molecular formula is C13H26O3. The second-order valence-corrected chi connectivity index (χ2v) is 4.66. The van der Waals surface area contributed by atoms with Crippen molar-refractivity contribution in [2.24, 2.45) is 0 Å². The van der Waals surface area contributed by atoms with E-state index in [-0.39, 0.29) is 6.10 Å². The molecule has 16 heavy (non-hydrogen) atoms. The van der Waals surface area contributed by atoms with Crippen LogP contribution >= 0.6 is 0 Å². The van der Waals surface area contributed by atoms with Gasteiger partial charge in [-0.3, -0.25) is 0 Å². The van der Waals surface area contributed by atoms with Gasteiger partial charge in [-0.2, -0.15) is 0 Å². The first kappa shape index (κ1) is 13.9. The zero-order chi connectivity index (χ0) is 11.6. The lowest BCUT2D eigenvalue weighted by molar-refractivity contribution is 0.139. The predicted octanol–water partition coefficient (Wildman–Crippen LogP) is 2.51. The van der Waals surface area contributed by atoms with Crippen molar-refractivity contribution in [1.29, 1.82) is 0 Å². The third kappa shape index (κ3) is 10.4. The first-order valence-corrected chi connectivity index (χ1v) is 6.70. The molecule has 2 aliphatic heterocycles. The Kier molecular flexibility index (Phi) is 7.81. The second kappa shape index (κ2) is 8.97. The summed E-state index contributed by atoms with van der Waals surface area (Å²) in [5.41, 5.74) is 0. The van der Waals surface area contributed by atoms with Gasteiger partial charge in [0, 0.05) is 6.42 Å². The fourth-order valence-corrected chi connectivity index (χ4v) is 1.61. The Labute approximate surface area is 99.1 Å². The molecule has 2 heterocycles. The highest BCUT2D eigenvalue weighted by molar-refractivity contribution is 4.73. The van der Waals surface area contributed by atoms with Crippen molar-refractivity contribution >= 4 is 0 Å². The highest BCUT2D eigenvalue weighted by Crippen LogP contribution is 2.18. The number of aliphatic hydroxyl groups is 1. The van der Waals surface area contributed by atoms with Gasteiger partial charge < -0.3 is 14.6 Å². The zero-order valence-corrected chi connectivity index (χ0v) is 10.5. The van der Waals surface area contributed by atoms with E-state index >= 15 is 0 Å². The SMILES string of the molecule is C1CO1.CCCCCCCC(O)CC1CO1. The van der Waals surface area contributed by atoms with Gasteiger partial charge in [-0.25, -0.2) is 0 Å². The summed E-state index contributed by atoms with van der Waals surface area (Å²) in [4.78, 5) is 0. The molecule has 0 spiro atoms. The fraction of sp³-hybridized carbons (Fsp3) is 1.00. The summed E-state index contributed by atoms with van der Waals surface area (Å²) < 4.78 is 9.56. The van der Waals surface area contributed by atoms with E-state index in [2.05, 4.69) is 11.7 Å². The standard InChI is InChI=1S/C11H22O2.C2H4O/c1-2-3-4-5-6-7-10(12)8-11-9-13-11;1-2-3-1/h10-12H,2-9H2,1H3;1-2H2. The minimum absolute atomic E-state index is 0.117. The Morgan fingerprint density at radius 2 is 1.81 bits per heavy atom. The molecule has 2 aliphatic rings. The van der Waals surface area contributed by atoms with E-state index in [4.69, 9.17) is 4.74 Å². The lowest BCUT2D eigenvalue weighted by Crippen LogP contribution is -2.09. The quantitative estimate of drug-likeness (QED) is 0.515. The molecule has 0 amide bonds. The van der Waals surface area contributed by atoms with Crippen LogP contribution in [0.25, 0.3) is 0 Å². The van der Waals surface area contributed by atoms with Gasteiger partial charge in [0.15, 0.2) is 0 Å². The Morgan fingerprint density at radius 1 is 1.19 bits per heavy atom. The summed E-state index contributed by atoms with van der Waals surface area (Å²) in [5, 5.41) is 9.54. The van der Waals surface area contributed by atoms with E-state index in [1.54, 1.807) is 0 Å². The molecule has 2 rings (SSSR count). The van der Waals surface area contributed by atoms with Gasteiger partial charge >= 0.3 is 0 Å². The van der Waals surface area contributed by atoms with E-state index < -0.39 is 0 Å². The summed E-state index contributed by atoms with van der Waals surface area (Å²) in [6.45, 7) is 5.09. The highest BCUT2D eigenvalue weighted by Gasteiger charge is 2.25. The van der Waals surface area contributed by atoms with Crippen LogP contribution in [0, 0.1) is 0 Å². The number of aliphatic hydroxyl groups excluding tert-OH is 1. The van der Waals surface area contributed by atoms with Gasteiger partial charge in [0.1, 0.15) is 0 Å². The smallest absolute Gasteiger partial charge is 0.0834 e. The van der Waals surface area contributed by atoms with Crippen molar-refractivity contribution in [3.05, 3.63) is 0 Å². The van der Waals surface area contributed by atoms with E-state index in [0.717, 1.165) is 32.7 Å². The minimum atomic E-state index is -0.117. The molecular weight excluding hydrogens is 204 g/mol. The summed E-state index contributed by atoms with van der Waals surface area (Å²) in [6.07, 6.45) is 8.48. The Bertz CT molecular complexity index is 153. The molecule has 0 aromatic heterocycles. The molecule has 1 N–H and O–H groups in total. The van der Waals surface area contributed by atoms with Gasteiger partial charge in [-0.15, -0.1) is 0 Å². The Morgan fingerprint density at radius 3 is 2.31 bits per heavy atom. The van der Waals surface area contributed by atoms with Crippen LogP contribution in [0.4, 0.5) is 0 Å². The molecule has 3 nitrogen and oxygen atoms in total. The maximum absolute atomic E-state index is 9.54. The molecule has 0 saturated carbocycles. The van der Waals surface area contributed by atoms with Gasteiger partial charge in [0.25, 0.3) is 0 Å². The first-order valence-electron chi connectivity index (χ1n) is 6.70. The van der Waals surface area contributed by atoms with Crippen LogP contribution in [0.1, 0.15) is 51.9 Å². The predicted molar refractivity (Wildman–Crippen MR) is 64.6 cm³/mol. The topological polar surface area (TPSA) is 45.3 Å². The molecule has 2 saturated heterocycles. The number of ether oxygens (including phenoxy) is 2. The van der Waals surface area contributed by atoms with E-state index in [1.807, 2.05) is 0 Å². The van der Waals surface area contributed by atoms with Gasteiger partial charge in [-0.05, 0) is 6.42 Å². The summed E-state index contributed by atoms with van der Waals surface area (Å²) in [6, 6.07) is 0. The second-order valence-electron chi connectivity index (χ2n) is 4.66. The molecule has 0 bridgehead atoms. The molecule has 3 heteroatoms. The first-order chi connectivity index (χ1) is 7.83. The monoisotopic (exact) mass is 230 g/mol.